The van der Waals surface area contributed by atoms with Crippen molar-refractivity contribution < 1.29 is 0 Å². The molecule has 0 saturated carbocycles. The zero-order valence-corrected chi connectivity index (χ0v) is 6.97. The van der Waals surface area contributed by atoms with E-state index < -0.39 is 0 Å². The van der Waals surface area contributed by atoms with Gasteiger partial charge in [-0.3, -0.25) is 0 Å². The summed E-state index contributed by atoms with van der Waals surface area (Å²) < 4.78 is 2.07. The van der Waals surface area contributed by atoms with E-state index in [0.29, 0.717) is 0 Å². The third-order valence-corrected chi connectivity index (χ3v) is 1.21. The molecule has 0 N–H and O–H groups in total. The van der Waals surface area contributed by atoms with E-state index in [1.54, 1.807) is 0 Å². The lowest BCUT2D eigenvalue weighted by atomic mass is 10.1. The van der Waals surface area contributed by atoms with E-state index in [4.69, 9.17) is 0 Å². The van der Waals surface area contributed by atoms with E-state index in [1.165, 1.54) is 6.42 Å². The van der Waals surface area contributed by atoms with Crippen molar-refractivity contribution >= 4 is 22.6 Å². The molecule has 0 aliphatic rings. The molecule has 1 heteroatoms. The number of rotatable bonds is 2. The number of allylic oxidation sites excluding steroid dienone is 1. The van der Waals surface area contributed by atoms with Crippen LogP contribution in [0.4, 0.5) is 0 Å². The third-order valence-electron chi connectivity index (χ3n) is 0.697. The van der Waals surface area contributed by atoms with Gasteiger partial charge in [-0.05, 0) is 16.4 Å². The maximum atomic E-state index is 2.24. The number of halogens is 1. The second-order valence-corrected chi connectivity index (χ2v) is 2.71. The minimum absolute atomic E-state index is 0.811. The molecule has 0 rings (SSSR count). The molecular weight excluding hydrogens is 199 g/mol. The van der Waals surface area contributed by atoms with Gasteiger partial charge in [0.05, 0.1) is 0 Å². The molecule has 0 spiro atoms. The smallest absolute Gasteiger partial charge is 0.0274 e. The van der Waals surface area contributed by atoms with Crippen molar-refractivity contribution in [1.29, 1.82) is 0 Å². The van der Waals surface area contributed by atoms with Crippen molar-refractivity contribution in [3.05, 3.63) is 10.2 Å². The predicted molar refractivity (Wildman–Crippen MR) is 42.6 cm³/mol. The minimum atomic E-state index is 0.811. The van der Waals surface area contributed by atoms with Crippen molar-refractivity contribution in [2.75, 3.05) is 0 Å². The Morgan fingerprint density at radius 1 is 1.57 bits per heavy atom. The van der Waals surface area contributed by atoms with Crippen LogP contribution in [0.5, 0.6) is 0 Å². The monoisotopic (exact) mass is 210 g/mol. The van der Waals surface area contributed by atoms with Crippen molar-refractivity contribution in [3.8, 4) is 0 Å². The van der Waals surface area contributed by atoms with E-state index in [1.807, 2.05) is 0 Å². The van der Waals surface area contributed by atoms with Gasteiger partial charge in [0.2, 0.25) is 0 Å². The maximum Gasteiger partial charge on any atom is -0.0274 e. The van der Waals surface area contributed by atoms with Gasteiger partial charge in [-0.1, -0.05) is 42.5 Å². The molecule has 0 fully saturated rings. The standard InChI is InChI=1S/C6H11I/c1-6(2)4-3-5-7/h3,5-6H,4H2,1-2H3. The van der Waals surface area contributed by atoms with Gasteiger partial charge < -0.3 is 0 Å². The van der Waals surface area contributed by atoms with Gasteiger partial charge in [-0.2, -0.15) is 0 Å². The Kier molecular flexibility index (Phi) is 4.94. The summed E-state index contributed by atoms with van der Waals surface area (Å²) in [5.41, 5.74) is 0. The molecule has 0 heterocycles. The molecular formula is C6H11I. The number of hydrogen-bond acceptors (Lipinski definition) is 0. The lowest BCUT2D eigenvalue weighted by Gasteiger charge is -1.93. The van der Waals surface area contributed by atoms with Gasteiger partial charge in [0.15, 0.2) is 0 Å². The van der Waals surface area contributed by atoms with Crippen LogP contribution in [0.15, 0.2) is 10.2 Å². The molecule has 0 saturated heterocycles. The van der Waals surface area contributed by atoms with Crippen LogP contribution in [0.3, 0.4) is 0 Å². The van der Waals surface area contributed by atoms with E-state index in [-0.39, 0.29) is 0 Å². The summed E-state index contributed by atoms with van der Waals surface area (Å²) in [4.78, 5) is 0. The average Bonchev–Trinajstić information content (AvgIpc) is 1.61. The van der Waals surface area contributed by atoms with Gasteiger partial charge in [-0.15, -0.1) is 0 Å². The highest BCUT2D eigenvalue weighted by Crippen LogP contribution is 2.00. The van der Waals surface area contributed by atoms with Crippen molar-refractivity contribution in [2.45, 2.75) is 20.3 Å². The topological polar surface area (TPSA) is 0 Å². The molecule has 0 amide bonds. The van der Waals surface area contributed by atoms with Crippen LogP contribution in [0.25, 0.3) is 0 Å². The molecule has 0 aromatic rings. The fraction of sp³-hybridized carbons (Fsp3) is 0.667. The quantitative estimate of drug-likeness (QED) is 0.614. The lowest BCUT2D eigenvalue weighted by Crippen LogP contribution is -1.79. The van der Waals surface area contributed by atoms with Gasteiger partial charge in [0.25, 0.3) is 0 Å². The summed E-state index contributed by atoms with van der Waals surface area (Å²) in [5.74, 6) is 0.811. The predicted octanol–water partition coefficient (Wildman–Crippen LogP) is 2.98. The Morgan fingerprint density at radius 3 is 2.29 bits per heavy atom. The van der Waals surface area contributed by atoms with Gasteiger partial charge >= 0.3 is 0 Å². The Labute approximate surface area is 59.1 Å². The normalized spacial score (nSPS) is 11.4. The first kappa shape index (κ1) is 7.47. The summed E-state index contributed by atoms with van der Waals surface area (Å²) in [6.45, 7) is 4.44. The molecule has 0 nitrogen and oxygen atoms in total. The summed E-state index contributed by atoms with van der Waals surface area (Å²) in [7, 11) is 0. The van der Waals surface area contributed by atoms with Crippen molar-refractivity contribution in [2.24, 2.45) is 5.92 Å². The molecule has 0 atom stereocenters. The first-order chi connectivity index (χ1) is 3.27. The molecule has 0 aromatic heterocycles. The van der Waals surface area contributed by atoms with Crippen LogP contribution in [0.1, 0.15) is 20.3 Å². The van der Waals surface area contributed by atoms with Crippen LogP contribution in [0, 0.1) is 5.92 Å². The highest BCUT2D eigenvalue weighted by molar-refractivity contribution is 14.1. The highest BCUT2D eigenvalue weighted by atomic mass is 127. The molecule has 42 valence electrons. The second kappa shape index (κ2) is 4.62. The SMILES string of the molecule is CC(C)CC=CI. The zero-order valence-electron chi connectivity index (χ0n) is 4.82. The van der Waals surface area contributed by atoms with Gasteiger partial charge in [-0.25, -0.2) is 0 Å². The number of hydrogen-bond donors (Lipinski definition) is 0. The molecule has 0 radical (unpaired) electrons. The average molecular weight is 210 g/mol. The summed E-state index contributed by atoms with van der Waals surface area (Å²) in [5, 5.41) is 0. The minimum Gasteiger partial charge on any atom is -0.0782 e. The van der Waals surface area contributed by atoms with E-state index >= 15 is 0 Å². The molecule has 0 bridgehead atoms. The zero-order chi connectivity index (χ0) is 5.70. The third kappa shape index (κ3) is 6.47. The molecule has 0 aliphatic carbocycles. The Morgan fingerprint density at radius 2 is 2.14 bits per heavy atom. The second-order valence-electron chi connectivity index (χ2n) is 1.99. The van der Waals surface area contributed by atoms with E-state index in [2.05, 4.69) is 46.6 Å². The lowest BCUT2D eigenvalue weighted by molar-refractivity contribution is 0.664. The fourth-order valence-electron chi connectivity index (χ4n) is 0.324. The first-order valence-electron chi connectivity index (χ1n) is 2.52. The van der Waals surface area contributed by atoms with Crippen LogP contribution in [-0.2, 0) is 0 Å². The summed E-state index contributed by atoms with van der Waals surface area (Å²) >= 11 is 2.24. The Hall–Kier alpha value is 0.470. The molecule has 7 heavy (non-hydrogen) atoms. The fourth-order valence-corrected chi connectivity index (χ4v) is 0.617. The van der Waals surface area contributed by atoms with Crippen LogP contribution in [-0.4, -0.2) is 0 Å². The van der Waals surface area contributed by atoms with Crippen molar-refractivity contribution in [1.82, 2.24) is 0 Å². The van der Waals surface area contributed by atoms with E-state index in [0.717, 1.165) is 5.92 Å². The van der Waals surface area contributed by atoms with Crippen molar-refractivity contribution in [3.63, 3.8) is 0 Å². The summed E-state index contributed by atoms with van der Waals surface area (Å²) in [6.07, 6.45) is 3.40. The van der Waals surface area contributed by atoms with Gasteiger partial charge in [0, 0.05) is 0 Å². The Balaban J connectivity index is 2.97. The molecule has 0 unspecified atom stereocenters. The van der Waals surface area contributed by atoms with Crippen LogP contribution < -0.4 is 0 Å². The Bertz CT molecular complexity index is 55.2. The van der Waals surface area contributed by atoms with E-state index in [9.17, 15) is 0 Å². The molecule has 0 aliphatic heterocycles. The van der Waals surface area contributed by atoms with Crippen LogP contribution in [0.2, 0.25) is 0 Å². The molecule has 0 aromatic carbocycles. The first-order valence-corrected chi connectivity index (χ1v) is 3.77. The van der Waals surface area contributed by atoms with Crippen LogP contribution >= 0.6 is 22.6 Å². The maximum absolute atomic E-state index is 2.24. The summed E-state index contributed by atoms with van der Waals surface area (Å²) in [6, 6.07) is 0. The largest absolute Gasteiger partial charge is 0.0782 e. The highest BCUT2D eigenvalue weighted by Gasteiger charge is 1.84. The van der Waals surface area contributed by atoms with Gasteiger partial charge in [0.1, 0.15) is 0 Å².